The maximum atomic E-state index is 13.2. The van der Waals surface area contributed by atoms with Crippen molar-refractivity contribution in [1.29, 1.82) is 5.26 Å². The molecular weight excluding hydrogens is 382 g/mol. The molecule has 3 rings (SSSR count). The smallest absolute Gasteiger partial charge is 0.317 e. The number of amides is 2. The lowest BCUT2D eigenvalue weighted by molar-refractivity contribution is -0.157. The van der Waals surface area contributed by atoms with Gasteiger partial charge in [-0.05, 0) is 31.2 Å². The normalized spacial score (nSPS) is 19.9. The fourth-order valence-corrected chi connectivity index (χ4v) is 4.56. The van der Waals surface area contributed by atoms with Crippen molar-refractivity contribution in [2.24, 2.45) is 0 Å². The van der Waals surface area contributed by atoms with Gasteiger partial charge in [0.1, 0.15) is 5.54 Å². The van der Waals surface area contributed by atoms with Crippen LogP contribution in [0.15, 0.2) is 30.3 Å². The topological polar surface area (TPSA) is 99.5 Å². The first kappa shape index (κ1) is 21.8. The Kier molecular flexibility index (Phi) is 6.76. The van der Waals surface area contributed by atoms with E-state index in [0.29, 0.717) is 38.8 Å². The number of piperidine rings is 1. The van der Waals surface area contributed by atoms with Gasteiger partial charge < -0.3 is 15.0 Å². The molecule has 30 heavy (non-hydrogen) atoms. The van der Waals surface area contributed by atoms with Crippen LogP contribution in [0.3, 0.4) is 0 Å². The number of hydrogen-bond donors (Lipinski definition) is 1. The van der Waals surface area contributed by atoms with E-state index in [1.165, 1.54) is 6.92 Å². The predicted octanol–water partition coefficient (Wildman–Crippen LogP) is 2.45. The molecule has 2 fully saturated rings. The van der Waals surface area contributed by atoms with Crippen LogP contribution < -0.4 is 5.32 Å². The van der Waals surface area contributed by atoms with E-state index < -0.39 is 29.4 Å². The summed E-state index contributed by atoms with van der Waals surface area (Å²) in [5, 5.41) is 12.3. The number of nitrogens with one attached hydrogen (secondary N) is 1. The van der Waals surface area contributed by atoms with Gasteiger partial charge in [0.2, 0.25) is 5.91 Å². The lowest BCUT2D eigenvalue weighted by Crippen LogP contribution is -2.52. The third-order valence-corrected chi connectivity index (χ3v) is 6.41. The molecule has 0 bridgehead atoms. The van der Waals surface area contributed by atoms with E-state index in [9.17, 15) is 19.6 Å². The summed E-state index contributed by atoms with van der Waals surface area (Å²) in [6, 6.07) is 11.6. The minimum Gasteiger partial charge on any atom is -0.455 e. The minimum absolute atomic E-state index is 0.0151. The molecule has 1 aliphatic carbocycles. The second kappa shape index (κ2) is 9.29. The molecule has 2 aliphatic rings. The Morgan fingerprint density at radius 1 is 1.07 bits per heavy atom. The third-order valence-electron chi connectivity index (χ3n) is 6.41. The first-order valence-corrected chi connectivity index (χ1v) is 10.6. The van der Waals surface area contributed by atoms with Gasteiger partial charge >= 0.3 is 5.97 Å². The highest BCUT2D eigenvalue weighted by molar-refractivity contribution is 5.87. The monoisotopic (exact) mass is 411 g/mol. The van der Waals surface area contributed by atoms with Gasteiger partial charge in [0, 0.05) is 20.0 Å². The zero-order valence-corrected chi connectivity index (χ0v) is 17.5. The standard InChI is InChI=1S/C23H29N3O4/c1-18(27)26-14-12-23(13-15-26,19-8-4-2-5-9-19)21(29)30-16-20(28)25-22(17-24)10-6-3-7-11-22/h2,4-5,8-9H,3,6-7,10-16H2,1H3,(H,25,28). The summed E-state index contributed by atoms with van der Waals surface area (Å²) in [6.45, 7) is 2.04. The average Bonchev–Trinajstić information content (AvgIpc) is 2.78. The van der Waals surface area contributed by atoms with Crippen LogP contribution in [0.2, 0.25) is 0 Å². The summed E-state index contributed by atoms with van der Waals surface area (Å²) in [4.78, 5) is 39.1. The second-order valence-corrected chi connectivity index (χ2v) is 8.33. The van der Waals surface area contributed by atoms with Crippen LogP contribution in [0.5, 0.6) is 0 Å². The van der Waals surface area contributed by atoms with E-state index in [1.807, 2.05) is 30.3 Å². The van der Waals surface area contributed by atoms with Crippen molar-refractivity contribution in [1.82, 2.24) is 10.2 Å². The van der Waals surface area contributed by atoms with Gasteiger partial charge in [0.25, 0.3) is 5.91 Å². The summed E-state index contributed by atoms with van der Waals surface area (Å²) in [6.07, 6.45) is 4.99. The quantitative estimate of drug-likeness (QED) is 0.751. The van der Waals surface area contributed by atoms with Gasteiger partial charge in [-0.25, -0.2) is 0 Å². The number of likely N-dealkylation sites (tertiary alicyclic amines) is 1. The van der Waals surface area contributed by atoms with Crippen molar-refractivity contribution in [2.75, 3.05) is 19.7 Å². The maximum absolute atomic E-state index is 13.2. The number of nitriles is 1. The van der Waals surface area contributed by atoms with Crippen molar-refractivity contribution in [3.63, 3.8) is 0 Å². The summed E-state index contributed by atoms with van der Waals surface area (Å²) >= 11 is 0. The molecular formula is C23H29N3O4. The van der Waals surface area contributed by atoms with Crippen LogP contribution in [0.25, 0.3) is 0 Å². The molecule has 0 atom stereocenters. The van der Waals surface area contributed by atoms with Crippen LogP contribution in [0.4, 0.5) is 0 Å². The Hall–Kier alpha value is -2.88. The SMILES string of the molecule is CC(=O)N1CCC(C(=O)OCC(=O)NC2(C#N)CCCCC2)(c2ccccc2)CC1. The Bertz CT molecular complexity index is 817. The molecule has 0 radical (unpaired) electrons. The van der Waals surface area contributed by atoms with Crippen molar-refractivity contribution in [3.8, 4) is 6.07 Å². The maximum Gasteiger partial charge on any atom is 0.317 e. The second-order valence-electron chi connectivity index (χ2n) is 8.33. The highest BCUT2D eigenvalue weighted by Crippen LogP contribution is 2.37. The number of esters is 1. The van der Waals surface area contributed by atoms with E-state index in [2.05, 4.69) is 11.4 Å². The first-order chi connectivity index (χ1) is 14.4. The Balaban J connectivity index is 1.68. The molecule has 0 spiro atoms. The summed E-state index contributed by atoms with van der Waals surface area (Å²) < 4.78 is 5.46. The molecule has 7 nitrogen and oxygen atoms in total. The number of ether oxygens (including phenoxy) is 1. The molecule has 1 N–H and O–H groups in total. The van der Waals surface area contributed by atoms with Gasteiger partial charge in [-0.2, -0.15) is 5.26 Å². The van der Waals surface area contributed by atoms with E-state index >= 15 is 0 Å². The largest absolute Gasteiger partial charge is 0.455 e. The molecule has 0 unspecified atom stereocenters. The third kappa shape index (κ3) is 4.64. The fourth-order valence-electron chi connectivity index (χ4n) is 4.56. The number of rotatable bonds is 5. The zero-order chi connectivity index (χ0) is 21.6. The van der Waals surface area contributed by atoms with Gasteiger partial charge in [0.05, 0.1) is 11.5 Å². The summed E-state index contributed by atoms with van der Waals surface area (Å²) in [7, 11) is 0. The average molecular weight is 412 g/mol. The Morgan fingerprint density at radius 3 is 2.27 bits per heavy atom. The van der Waals surface area contributed by atoms with Gasteiger partial charge in [-0.15, -0.1) is 0 Å². The fraction of sp³-hybridized carbons (Fsp3) is 0.565. The molecule has 1 saturated heterocycles. The highest BCUT2D eigenvalue weighted by atomic mass is 16.5. The van der Waals surface area contributed by atoms with Crippen molar-refractivity contribution in [3.05, 3.63) is 35.9 Å². The van der Waals surface area contributed by atoms with Gasteiger partial charge in [0.15, 0.2) is 6.61 Å². The van der Waals surface area contributed by atoms with Crippen LogP contribution in [0, 0.1) is 11.3 Å². The summed E-state index contributed by atoms with van der Waals surface area (Å²) in [5.41, 5.74) is -0.906. The van der Waals surface area contributed by atoms with E-state index in [4.69, 9.17) is 4.74 Å². The van der Waals surface area contributed by atoms with Crippen molar-refractivity contribution in [2.45, 2.75) is 62.8 Å². The molecule has 1 aromatic carbocycles. The molecule has 1 aromatic rings. The Labute approximate surface area is 177 Å². The van der Waals surface area contributed by atoms with Crippen LogP contribution in [0.1, 0.15) is 57.4 Å². The van der Waals surface area contributed by atoms with E-state index in [-0.39, 0.29) is 5.91 Å². The van der Waals surface area contributed by atoms with Crippen LogP contribution in [-0.2, 0) is 24.5 Å². The number of carbonyl (C=O) groups is 3. The molecule has 0 aromatic heterocycles. The van der Waals surface area contributed by atoms with E-state index in [1.54, 1.807) is 4.90 Å². The zero-order valence-electron chi connectivity index (χ0n) is 17.5. The molecule has 1 saturated carbocycles. The Morgan fingerprint density at radius 2 is 1.70 bits per heavy atom. The van der Waals surface area contributed by atoms with Crippen LogP contribution >= 0.6 is 0 Å². The van der Waals surface area contributed by atoms with Crippen molar-refractivity contribution >= 4 is 17.8 Å². The van der Waals surface area contributed by atoms with Gasteiger partial charge in [-0.3, -0.25) is 14.4 Å². The number of hydrogen-bond acceptors (Lipinski definition) is 5. The van der Waals surface area contributed by atoms with Gasteiger partial charge in [-0.1, -0.05) is 49.6 Å². The molecule has 1 aliphatic heterocycles. The highest BCUT2D eigenvalue weighted by Gasteiger charge is 2.45. The molecule has 7 heteroatoms. The number of carbonyl (C=O) groups excluding carboxylic acids is 3. The lowest BCUT2D eigenvalue weighted by Gasteiger charge is -2.40. The first-order valence-electron chi connectivity index (χ1n) is 10.6. The van der Waals surface area contributed by atoms with E-state index in [0.717, 1.165) is 24.8 Å². The molecule has 1 heterocycles. The molecule has 160 valence electrons. The minimum atomic E-state index is -0.884. The van der Waals surface area contributed by atoms with Crippen LogP contribution in [-0.4, -0.2) is 47.9 Å². The number of nitrogens with zero attached hydrogens (tertiary/aromatic N) is 2. The predicted molar refractivity (Wildman–Crippen MR) is 110 cm³/mol. The summed E-state index contributed by atoms with van der Waals surface area (Å²) in [5.74, 6) is -0.920. The molecule has 2 amide bonds. The number of benzene rings is 1. The lowest BCUT2D eigenvalue weighted by atomic mass is 9.72. The van der Waals surface area contributed by atoms with Crippen molar-refractivity contribution < 1.29 is 19.1 Å².